The van der Waals surface area contributed by atoms with E-state index in [4.69, 9.17) is 5.73 Å². The highest BCUT2D eigenvalue weighted by molar-refractivity contribution is 8.04. The second-order valence-electron chi connectivity index (χ2n) is 3.82. The zero-order valence-electron chi connectivity index (χ0n) is 9.55. The van der Waals surface area contributed by atoms with Gasteiger partial charge in [-0.3, -0.25) is 10.00 Å². The Hall–Kier alpha value is -1.93. The van der Waals surface area contributed by atoms with Crippen molar-refractivity contribution in [2.75, 3.05) is 4.90 Å². The second-order valence-corrected chi connectivity index (χ2v) is 4.90. The molecular formula is C11H9F2N5S. The maximum absolute atomic E-state index is 14.0. The number of anilines is 1. The van der Waals surface area contributed by atoms with Crippen molar-refractivity contribution in [3.63, 3.8) is 0 Å². The first kappa shape index (κ1) is 12.1. The van der Waals surface area contributed by atoms with Crippen molar-refractivity contribution < 1.29 is 8.78 Å². The van der Waals surface area contributed by atoms with Gasteiger partial charge in [0.2, 0.25) is 0 Å². The molecule has 0 fully saturated rings. The van der Waals surface area contributed by atoms with Gasteiger partial charge in [-0.25, -0.2) is 9.37 Å². The van der Waals surface area contributed by atoms with E-state index >= 15 is 0 Å². The van der Waals surface area contributed by atoms with E-state index in [0.29, 0.717) is 11.4 Å². The number of nitrogens with one attached hydrogen (secondary N) is 1. The molecule has 0 aliphatic carbocycles. The molecule has 1 aliphatic heterocycles. The summed E-state index contributed by atoms with van der Waals surface area (Å²) >= 11 is 0.875. The first-order valence-electron chi connectivity index (χ1n) is 5.39. The molecule has 8 heteroatoms. The number of aromatic nitrogens is 3. The van der Waals surface area contributed by atoms with E-state index in [1.165, 1.54) is 23.2 Å². The van der Waals surface area contributed by atoms with Crippen molar-refractivity contribution in [1.82, 2.24) is 15.2 Å². The van der Waals surface area contributed by atoms with Crippen molar-refractivity contribution >= 4 is 23.3 Å². The Labute approximate surface area is 111 Å². The molecule has 0 saturated heterocycles. The summed E-state index contributed by atoms with van der Waals surface area (Å²) in [7, 11) is 0. The van der Waals surface area contributed by atoms with Gasteiger partial charge in [0.1, 0.15) is 17.1 Å². The Morgan fingerprint density at radius 1 is 1.32 bits per heavy atom. The number of H-pyrrole nitrogens is 1. The quantitative estimate of drug-likeness (QED) is 0.881. The number of nitrogens with zero attached hydrogens (tertiary/aromatic N) is 3. The van der Waals surface area contributed by atoms with E-state index in [9.17, 15) is 8.78 Å². The van der Waals surface area contributed by atoms with Crippen LogP contribution in [0, 0.1) is 5.82 Å². The van der Waals surface area contributed by atoms with Gasteiger partial charge in [-0.05, 0) is 12.1 Å². The zero-order chi connectivity index (χ0) is 13.4. The van der Waals surface area contributed by atoms with Crippen LogP contribution in [0.3, 0.4) is 0 Å². The normalized spacial score (nSPS) is 19.3. The monoisotopic (exact) mass is 281 g/mol. The highest BCUT2D eigenvalue weighted by Crippen LogP contribution is 2.43. The van der Waals surface area contributed by atoms with Gasteiger partial charge in [0.05, 0.1) is 18.1 Å². The standard InChI is InChI=1S/C11H9F2N5S/c12-7-1-2-8(15-5-7)18-9(6-3-16-17-4-6)10(13)19-11(18)14/h1-5,11H,14H2,(H,16,17). The molecular weight excluding hydrogens is 272 g/mol. The maximum Gasteiger partial charge on any atom is 0.184 e. The lowest BCUT2D eigenvalue weighted by Gasteiger charge is -2.23. The van der Waals surface area contributed by atoms with Gasteiger partial charge in [0.15, 0.2) is 5.16 Å². The van der Waals surface area contributed by atoms with Crippen molar-refractivity contribution in [3.05, 3.63) is 47.3 Å². The zero-order valence-corrected chi connectivity index (χ0v) is 10.4. The summed E-state index contributed by atoms with van der Waals surface area (Å²) < 4.78 is 26.9. The highest BCUT2D eigenvalue weighted by Gasteiger charge is 2.34. The highest BCUT2D eigenvalue weighted by atomic mass is 32.2. The van der Waals surface area contributed by atoms with Crippen LogP contribution < -0.4 is 10.6 Å². The molecule has 0 saturated carbocycles. The molecule has 19 heavy (non-hydrogen) atoms. The van der Waals surface area contributed by atoms with Crippen LogP contribution in [0.5, 0.6) is 0 Å². The lowest BCUT2D eigenvalue weighted by atomic mass is 10.2. The fourth-order valence-corrected chi connectivity index (χ4v) is 2.68. The van der Waals surface area contributed by atoms with Crippen LogP contribution >= 0.6 is 11.8 Å². The molecule has 3 N–H and O–H groups in total. The fourth-order valence-electron chi connectivity index (χ4n) is 1.82. The minimum absolute atomic E-state index is 0.283. The number of halogens is 2. The van der Waals surface area contributed by atoms with Crippen LogP contribution in [0.1, 0.15) is 5.56 Å². The number of hydrogen-bond acceptors (Lipinski definition) is 5. The lowest BCUT2D eigenvalue weighted by Crippen LogP contribution is -2.35. The van der Waals surface area contributed by atoms with E-state index in [1.807, 2.05) is 0 Å². The molecule has 98 valence electrons. The molecule has 1 atom stereocenters. The number of pyridine rings is 1. The summed E-state index contributed by atoms with van der Waals surface area (Å²) in [5.74, 6) is -0.0799. The fraction of sp³-hybridized carbons (Fsp3) is 0.0909. The van der Waals surface area contributed by atoms with Crippen molar-refractivity contribution in [1.29, 1.82) is 0 Å². The van der Waals surface area contributed by atoms with Crippen molar-refractivity contribution in [3.8, 4) is 0 Å². The number of thioether (sulfide) groups is 1. The Kier molecular flexibility index (Phi) is 2.96. The molecule has 0 spiro atoms. The molecule has 1 unspecified atom stereocenters. The van der Waals surface area contributed by atoms with Gasteiger partial charge in [0.25, 0.3) is 0 Å². The maximum atomic E-state index is 14.0. The van der Waals surface area contributed by atoms with Gasteiger partial charge in [-0.15, -0.1) is 0 Å². The van der Waals surface area contributed by atoms with Gasteiger partial charge in [0, 0.05) is 11.8 Å². The summed E-state index contributed by atoms with van der Waals surface area (Å²) in [6.45, 7) is 0. The molecule has 0 amide bonds. The molecule has 5 nitrogen and oxygen atoms in total. The number of nitrogens with two attached hydrogens (primary N) is 1. The van der Waals surface area contributed by atoms with E-state index in [-0.39, 0.29) is 5.70 Å². The van der Waals surface area contributed by atoms with Crippen molar-refractivity contribution in [2.24, 2.45) is 5.73 Å². The molecule has 0 bridgehead atoms. The lowest BCUT2D eigenvalue weighted by molar-refractivity contribution is 0.621. The van der Waals surface area contributed by atoms with Crippen molar-refractivity contribution in [2.45, 2.75) is 5.50 Å². The summed E-state index contributed by atoms with van der Waals surface area (Å²) in [5.41, 5.74) is 6.07. The first-order valence-corrected chi connectivity index (χ1v) is 6.27. The summed E-state index contributed by atoms with van der Waals surface area (Å²) in [4.78, 5) is 5.44. The predicted molar refractivity (Wildman–Crippen MR) is 68.9 cm³/mol. The number of hydrogen-bond donors (Lipinski definition) is 2. The topological polar surface area (TPSA) is 70.8 Å². The molecule has 2 aromatic heterocycles. The molecule has 3 rings (SSSR count). The first-order chi connectivity index (χ1) is 9.16. The van der Waals surface area contributed by atoms with Gasteiger partial charge >= 0.3 is 0 Å². The van der Waals surface area contributed by atoms with Crippen LogP contribution in [0.15, 0.2) is 35.9 Å². The smallest absolute Gasteiger partial charge is 0.184 e. The van der Waals surface area contributed by atoms with E-state index in [0.717, 1.165) is 18.0 Å². The third kappa shape index (κ3) is 2.08. The Bertz CT molecular complexity index is 611. The minimum atomic E-state index is -0.650. The Morgan fingerprint density at radius 3 is 2.79 bits per heavy atom. The third-order valence-corrected chi connectivity index (χ3v) is 3.49. The minimum Gasteiger partial charge on any atom is -0.302 e. The van der Waals surface area contributed by atoms with E-state index in [1.54, 1.807) is 6.20 Å². The average molecular weight is 281 g/mol. The van der Waals surface area contributed by atoms with Gasteiger partial charge in [-0.1, -0.05) is 11.8 Å². The molecule has 2 aromatic rings. The Balaban J connectivity index is 2.05. The SMILES string of the molecule is NC1SC(F)=C(c2cn[nH]c2)N1c1ccc(F)cn1. The predicted octanol–water partition coefficient (Wildman–Crippen LogP) is 2.04. The molecule has 0 aromatic carbocycles. The summed E-state index contributed by atoms with van der Waals surface area (Å²) in [6.07, 6.45) is 4.12. The number of rotatable bonds is 2. The van der Waals surface area contributed by atoms with Crippen LogP contribution in [-0.2, 0) is 0 Å². The van der Waals surface area contributed by atoms with Crippen LogP contribution in [-0.4, -0.2) is 20.7 Å². The molecule has 3 heterocycles. The largest absolute Gasteiger partial charge is 0.302 e. The molecule has 0 radical (unpaired) electrons. The van der Waals surface area contributed by atoms with Crippen LogP contribution in [0.2, 0.25) is 0 Å². The van der Waals surface area contributed by atoms with E-state index in [2.05, 4.69) is 15.2 Å². The number of aromatic amines is 1. The second kappa shape index (κ2) is 4.63. The summed E-state index contributed by atoms with van der Waals surface area (Å²) in [6, 6.07) is 2.71. The molecule has 1 aliphatic rings. The van der Waals surface area contributed by atoms with E-state index < -0.39 is 16.5 Å². The third-order valence-electron chi connectivity index (χ3n) is 2.64. The van der Waals surface area contributed by atoms with Crippen LogP contribution in [0.4, 0.5) is 14.6 Å². The average Bonchev–Trinajstić information content (AvgIpc) is 2.98. The Morgan fingerprint density at radius 2 is 2.16 bits per heavy atom. The van der Waals surface area contributed by atoms with Gasteiger partial charge in [-0.2, -0.15) is 9.49 Å². The van der Waals surface area contributed by atoms with Crippen LogP contribution in [0.25, 0.3) is 5.70 Å². The van der Waals surface area contributed by atoms with Gasteiger partial charge < -0.3 is 5.73 Å². The summed E-state index contributed by atoms with van der Waals surface area (Å²) in [5, 5.41) is 5.98.